The quantitative estimate of drug-likeness (QED) is 0.763. The molecule has 2 bridgehead atoms. The molecule has 3 unspecified atom stereocenters. The molecule has 104 valence electrons. The summed E-state index contributed by atoms with van der Waals surface area (Å²) in [5, 5.41) is 19.4. The monoisotopic (exact) mass is 262 g/mol. The van der Waals surface area contributed by atoms with Crippen molar-refractivity contribution in [1.29, 1.82) is 0 Å². The van der Waals surface area contributed by atoms with E-state index in [4.69, 9.17) is 5.73 Å². The normalized spacial score (nSPS) is 32.4. The first kappa shape index (κ1) is 12.8. The van der Waals surface area contributed by atoms with Crippen LogP contribution in [0.4, 0.5) is 0 Å². The summed E-state index contributed by atoms with van der Waals surface area (Å²) < 4.78 is 0. The standard InChI is InChI=1S/C15H22N2O2/c1-9(14-5-4-13(18)8-15(14)19)17-11-2-3-12(17)7-10(16)6-11/h4-5,8-12,18-19H,2-3,6-7,16H2,1H3. The van der Waals surface area contributed by atoms with E-state index in [1.165, 1.54) is 18.9 Å². The fraction of sp³-hybridized carbons (Fsp3) is 0.600. The average Bonchev–Trinajstić information content (AvgIpc) is 2.61. The highest BCUT2D eigenvalue weighted by Gasteiger charge is 2.42. The van der Waals surface area contributed by atoms with Gasteiger partial charge < -0.3 is 15.9 Å². The highest BCUT2D eigenvalue weighted by molar-refractivity contribution is 5.40. The van der Waals surface area contributed by atoms with E-state index in [1.54, 1.807) is 6.07 Å². The minimum atomic E-state index is 0.108. The molecule has 2 saturated heterocycles. The van der Waals surface area contributed by atoms with Gasteiger partial charge in [-0.05, 0) is 38.7 Å². The molecule has 2 heterocycles. The summed E-state index contributed by atoms with van der Waals surface area (Å²) in [6.45, 7) is 2.13. The second-order valence-electron chi connectivity index (χ2n) is 5.98. The van der Waals surface area contributed by atoms with Gasteiger partial charge >= 0.3 is 0 Å². The Balaban J connectivity index is 1.86. The third-order valence-corrected chi connectivity index (χ3v) is 4.74. The smallest absolute Gasteiger partial charge is 0.124 e. The number of fused-ring (bicyclic) bond motifs is 2. The lowest BCUT2D eigenvalue weighted by molar-refractivity contribution is 0.0842. The zero-order chi connectivity index (χ0) is 13.6. The van der Waals surface area contributed by atoms with Crippen LogP contribution < -0.4 is 5.73 Å². The van der Waals surface area contributed by atoms with Crippen LogP contribution in [0.15, 0.2) is 18.2 Å². The lowest BCUT2D eigenvalue weighted by Crippen LogP contribution is -2.48. The maximum absolute atomic E-state index is 10.0. The van der Waals surface area contributed by atoms with Crippen molar-refractivity contribution in [1.82, 2.24) is 4.90 Å². The zero-order valence-corrected chi connectivity index (χ0v) is 11.3. The molecular formula is C15H22N2O2. The molecule has 1 aromatic rings. The minimum absolute atomic E-state index is 0.108. The van der Waals surface area contributed by atoms with Gasteiger partial charge in [-0.25, -0.2) is 0 Å². The van der Waals surface area contributed by atoms with Crippen LogP contribution in [0.1, 0.15) is 44.2 Å². The third-order valence-electron chi connectivity index (χ3n) is 4.74. The molecular weight excluding hydrogens is 240 g/mol. The number of benzene rings is 1. The van der Waals surface area contributed by atoms with Crippen LogP contribution in [-0.2, 0) is 0 Å². The number of piperidine rings is 1. The zero-order valence-electron chi connectivity index (χ0n) is 11.3. The lowest BCUT2D eigenvalue weighted by atomic mass is 9.94. The van der Waals surface area contributed by atoms with E-state index >= 15 is 0 Å². The van der Waals surface area contributed by atoms with Gasteiger partial charge in [0, 0.05) is 35.8 Å². The Bertz CT molecular complexity index is 463. The predicted octanol–water partition coefficient (Wildman–Crippen LogP) is 2.11. The topological polar surface area (TPSA) is 69.7 Å². The van der Waals surface area contributed by atoms with Crippen LogP contribution in [0.2, 0.25) is 0 Å². The average molecular weight is 262 g/mol. The van der Waals surface area contributed by atoms with Crippen LogP contribution >= 0.6 is 0 Å². The molecule has 0 aromatic heterocycles. The van der Waals surface area contributed by atoms with Crippen LogP contribution in [0.25, 0.3) is 0 Å². The largest absolute Gasteiger partial charge is 0.508 e. The van der Waals surface area contributed by atoms with Crippen molar-refractivity contribution in [3.63, 3.8) is 0 Å². The summed E-state index contributed by atoms with van der Waals surface area (Å²) in [7, 11) is 0. The van der Waals surface area contributed by atoms with Crippen molar-refractivity contribution in [2.24, 2.45) is 5.73 Å². The number of phenols is 2. The van der Waals surface area contributed by atoms with Crippen LogP contribution in [0.3, 0.4) is 0 Å². The SMILES string of the molecule is CC(c1ccc(O)cc1O)N1C2CCC1CC(N)C2. The van der Waals surface area contributed by atoms with Crippen molar-refractivity contribution in [3.05, 3.63) is 23.8 Å². The molecule has 3 atom stereocenters. The fourth-order valence-electron chi connectivity index (χ4n) is 3.93. The molecule has 0 saturated carbocycles. The molecule has 3 rings (SSSR count). The molecule has 19 heavy (non-hydrogen) atoms. The molecule has 4 nitrogen and oxygen atoms in total. The Labute approximate surface area is 113 Å². The summed E-state index contributed by atoms with van der Waals surface area (Å²) in [5.74, 6) is 0.291. The van der Waals surface area contributed by atoms with Crippen molar-refractivity contribution in [2.75, 3.05) is 0 Å². The van der Waals surface area contributed by atoms with Gasteiger partial charge in [0.25, 0.3) is 0 Å². The number of aromatic hydroxyl groups is 2. The number of nitrogens with zero attached hydrogens (tertiary/aromatic N) is 1. The van der Waals surface area contributed by atoms with E-state index in [2.05, 4.69) is 11.8 Å². The number of phenolic OH excluding ortho intramolecular Hbond substituents is 2. The van der Waals surface area contributed by atoms with Gasteiger partial charge in [0.1, 0.15) is 11.5 Å². The summed E-state index contributed by atoms with van der Waals surface area (Å²) >= 11 is 0. The van der Waals surface area contributed by atoms with Gasteiger partial charge in [-0.2, -0.15) is 0 Å². The van der Waals surface area contributed by atoms with E-state index in [0.29, 0.717) is 18.1 Å². The predicted molar refractivity (Wildman–Crippen MR) is 74.0 cm³/mol. The Kier molecular flexibility index (Phi) is 3.15. The number of rotatable bonds is 2. The first-order chi connectivity index (χ1) is 9.06. The molecule has 0 spiro atoms. The van der Waals surface area contributed by atoms with Crippen molar-refractivity contribution in [3.8, 4) is 11.5 Å². The lowest BCUT2D eigenvalue weighted by Gasteiger charge is -2.41. The van der Waals surface area contributed by atoms with Gasteiger partial charge in [-0.3, -0.25) is 4.90 Å². The van der Waals surface area contributed by atoms with Gasteiger partial charge in [0.15, 0.2) is 0 Å². The van der Waals surface area contributed by atoms with Crippen molar-refractivity contribution in [2.45, 2.75) is 56.8 Å². The number of hydrogen-bond acceptors (Lipinski definition) is 4. The van der Waals surface area contributed by atoms with Gasteiger partial charge in [0.2, 0.25) is 0 Å². The number of hydrogen-bond donors (Lipinski definition) is 3. The molecule has 4 heteroatoms. The summed E-state index contributed by atoms with van der Waals surface area (Å²) in [6.07, 6.45) is 4.53. The summed E-state index contributed by atoms with van der Waals surface area (Å²) in [4.78, 5) is 2.51. The molecule has 4 N–H and O–H groups in total. The molecule has 2 aliphatic heterocycles. The van der Waals surface area contributed by atoms with Crippen LogP contribution in [0, 0.1) is 0 Å². The van der Waals surface area contributed by atoms with E-state index < -0.39 is 0 Å². The van der Waals surface area contributed by atoms with Crippen molar-refractivity contribution >= 4 is 0 Å². The molecule has 0 amide bonds. The first-order valence-electron chi connectivity index (χ1n) is 7.11. The van der Waals surface area contributed by atoms with Crippen molar-refractivity contribution < 1.29 is 10.2 Å². The first-order valence-corrected chi connectivity index (χ1v) is 7.11. The highest BCUT2D eigenvalue weighted by Crippen LogP contribution is 2.43. The fourth-order valence-corrected chi connectivity index (χ4v) is 3.93. The van der Waals surface area contributed by atoms with E-state index in [-0.39, 0.29) is 17.5 Å². The summed E-state index contributed by atoms with van der Waals surface area (Å²) in [5.41, 5.74) is 6.99. The molecule has 2 aliphatic rings. The number of nitrogens with two attached hydrogens (primary N) is 1. The van der Waals surface area contributed by atoms with Gasteiger partial charge in [0.05, 0.1) is 0 Å². The second kappa shape index (κ2) is 4.69. The molecule has 0 aliphatic carbocycles. The maximum atomic E-state index is 10.0. The minimum Gasteiger partial charge on any atom is -0.508 e. The molecule has 0 radical (unpaired) electrons. The highest BCUT2D eigenvalue weighted by atomic mass is 16.3. The van der Waals surface area contributed by atoms with E-state index in [0.717, 1.165) is 18.4 Å². The van der Waals surface area contributed by atoms with E-state index in [9.17, 15) is 10.2 Å². The maximum Gasteiger partial charge on any atom is 0.124 e. The van der Waals surface area contributed by atoms with Crippen LogP contribution in [0.5, 0.6) is 11.5 Å². The molecule has 1 aromatic carbocycles. The third kappa shape index (κ3) is 2.19. The second-order valence-corrected chi connectivity index (χ2v) is 5.98. The Morgan fingerprint density at radius 1 is 1.21 bits per heavy atom. The summed E-state index contributed by atoms with van der Waals surface area (Å²) in [6, 6.07) is 6.46. The Morgan fingerprint density at radius 3 is 2.42 bits per heavy atom. The van der Waals surface area contributed by atoms with Gasteiger partial charge in [-0.15, -0.1) is 0 Å². The van der Waals surface area contributed by atoms with Crippen LogP contribution in [-0.4, -0.2) is 33.2 Å². The Morgan fingerprint density at radius 2 is 1.84 bits per heavy atom. The van der Waals surface area contributed by atoms with Gasteiger partial charge in [-0.1, -0.05) is 6.07 Å². The Hall–Kier alpha value is -1.26. The molecule has 2 fully saturated rings. The van der Waals surface area contributed by atoms with E-state index in [1.807, 2.05) is 6.07 Å².